The van der Waals surface area contributed by atoms with Gasteiger partial charge in [0, 0.05) is 5.56 Å². The van der Waals surface area contributed by atoms with Gasteiger partial charge in [0.15, 0.2) is 0 Å². The maximum atomic E-state index is 13.4. The molecule has 3 N–H and O–H groups in total. The number of H-pyrrole nitrogens is 1. The number of aromatic carboxylic acids is 1. The topological polar surface area (TPSA) is 133 Å². The number of carbonyl (C=O) groups is 3. The molecule has 1 unspecified atom stereocenters. The van der Waals surface area contributed by atoms with Crippen molar-refractivity contribution in [2.24, 2.45) is 0 Å². The second-order valence-corrected chi connectivity index (χ2v) is 9.17. The lowest BCUT2D eigenvalue weighted by Crippen LogP contribution is -2.30. The van der Waals surface area contributed by atoms with E-state index in [1.165, 1.54) is 35.2 Å². The number of aliphatic hydroxyl groups is 1. The van der Waals surface area contributed by atoms with Gasteiger partial charge in [-0.3, -0.25) is 14.5 Å². The molecular weight excluding hydrogens is 510 g/mol. The van der Waals surface area contributed by atoms with Crippen molar-refractivity contribution in [3.8, 4) is 5.75 Å². The van der Waals surface area contributed by atoms with Crippen LogP contribution in [0.2, 0.25) is 5.02 Å². The van der Waals surface area contributed by atoms with Crippen molar-refractivity contribution >= 4 is 52.0 Å². The number of anilines is 1. The summed E-state index contributed by atoms with van der Waals surface area (Å²) in [6, 6.07) is 15.1. The first-order valence-electron chi connectivity index (χ1n) is 11.7. The molecule has 0 saturated carbocycles. The van der Waals surface area contributed by atoms with Gasteiger partial charge in [-0.05, 0) is 55.8 Å². The first kappa shape index (κ1) is 25.0. The second-order valence-electron chi connectivity index (χ2n) is 8.76. The van der Waals surface area contributed by atoms with Gasteiger partial charge in [-0.1, -0.05) is 41.4 Å². The number of benzene rings is 3. The SMILES string of the molecule is CCOc1cc(/C(O)=C2\C(=O)C(=O)N(c3nc4ccc(C(=O)O)cc4[nH]3)C2c2cccc(C)c2)ccc1Cl. The Balaban J connectivity index is 1.71. The Kier molecular flexibility index (Phi) is 6.38. The summed E-state index contributed by atoms with van der Waals surface area (Å²) in [6.45, 7) is 4.00. The Hall–Kier alpha value is -4.63. The first-order chi connectivity index (χ1) is 18.2. The largest absolute Gasteiger partial charge is 0.507 e. The third-order valence-corrected chi connectivity index (χ3v) is 6.56. The molecule has 1 amide bonds. The number of amides is 1. The Morgan fingerprint density at radius 3 is 2.55 bits per heavy atom. The number of ketones is 1. The number of aliphatic hydroxyl groups excluding tert-OH is 1. The van der Waals surface area contributed by atoms with Crippen molar-refractivity contribution in [2.45, 2.75) is 19.9 Å². The van der Waals surface area contributed by atoms with E-state index in [-0.39, 0.29) is 28.4 Å². The van der Waals surface area contributed by atoms with Crippen LogP contribution in [0, 0.1) is 6.92 Å². The van der Waals surface area contributed by atoms with E-state index < -0.39 is 23.7 Å². The van der Waals surface area contributed by atoms with E-state index in [9.17, 15) is 24.6 Å². The van der Waals surface area contributed by atoms with E-state index >= 15 is 0 Å². The number of fused-ring (bicyclic) bond motifs is 1. The Bertz CT molecular complexity index is 1660. The summed E-state index contributed by atoms with van der Waals surface area (Å²) in [6.07, 6.45) is 0. The number of carboxylic acids is 1. The normalized spacial score (nSPS) is 16.8. The molecule has 9 nitrogen and oxygen atoms in total. The van der Waals surface area contributed by atoms with Crippen LogP contribution in [0.3, 0.4) is 0 Å². The minimum Gasteiger partial charge on any atom is -0.507 e. The predicted molar refractivity (Wildman–Crippen MR) is 142 cm³/mol. The van der Waals surface area contributed by atoms with E-state index in [2.05, 4.69) is 9.97 Å². The van der Waals surface area contributed by atoms with E-state index in [1.54, 1.807) is 25.1 Å². The number of ether oxygens (including phenoxy) is 1. The number of aromatic nitrogens is 2. The summed E-state index contributed by atoms with van der Waals surface area (Å²) >= 11 is 6.20. The molecule has 0 spiro atoms. The summed E-state index contributed by atoms with van der Waals surface area (Å²) in [7, 11) is 0. The van der Waals surface area contributed by atoms with Crippen LogP contribution in [0.1, 0.15) is 40.0 Å². The molecular formula is C28H22ClN3O6. The summed E-state index contributed by atoms with van der Waals surface area (Å²) in [5, 5.41) is 21.1. The van der Waals surface area contributed by atoms with Gasteiger partial charge >= 0.3 is 11.9 Å². The van der Waals surface area contributed by atoms with E-state index in [0.29, 0.717) is 34.0 Å². The van der Waals surface area contributed by atoms with Crippen LogP contribution in [0.15, 0.2) is 66.2 Å². The second kappa shape index (κ2) is 9.68. The van der Waals surface area contributed by atoms with Crippen LogP contribution < -0.4 is 9.64 Å². The van der Waals surface area contributed by atoms with Gasteiger partial charge in [0.2, 0.25) is 5.95 Å². The van der Waals surface area contributed by atoms with Crippen molar-refractivity contribution in [3.63, 3.8) is 0 Å². The summed E-state index contributed by atoms with van der Waals surface area (Å²) in [5.41, 5.74) is 2.42. The standard InChI is InChI=1S/C28H22ClN3O6/c1-3-38-21-13-16(7-9-18(21)29)24(33)22-23(15-6-4-5-14(2)11-15)32(26(35)25(22)34)28-30-19-10-8-17(27(36)37)12-20(19)31-28/h4-13,23,33H,3H2,1-2H3,(H,30,31)(H,36,37)/b24-22+. The molecule has 1 atom stereocenters. The molecule has 1 saturated heterocycles. The minimum absolute atomic E-state index is 0.0397. The fourth-order valence-corrected chi connectivity index (χ4v) is 4.69. The molecule has 1 aliphatic heterocycles. The summed E-state index contributed by atoms with van der Waals surface area (Å²) < 4.78 is 5.53. The van der Waals surface area contributed by atoms with Gasteiger partial charge in [0.1, 0.15) is 11.5 Å². The fourth-order valence-electron chi connectivity index (χ4n) is 4.52. The van der Waals surface area contributed by atoms with Crippen LogP contribution >= 0.6 is 11.6 Å². The highest BCUT2D eigenvalue weighted by atomic mass is 35.5. The Morgan fingerprint density at radius 1 is 1.08 bits per heavy atom. The number of carboxylic acid groups (broad SMARTS) is 1. The first-order valence-corrected chi connectivity index (χ1v) is 12.1. The molecule has 0 aliphatic carbocycles. The maximum Gasteiger partial charge on any atom is 0.335 e. The number of nitrogens with zero attached hydrogens (tertiary/aromatic N) is 2. The van der Waals surface area contributed by atoms with Gasteiger partial charge in [0.05, 0.1) is 39.8 Å². The number of halogens is 1. The quantitative estimate of drug-likeness (QED) is 0.176. The third kappa shape index (κ3) is 4.26. The molecule has 5 rings (SSSR count). The zero-order valence-electron chi connectivity index (χ0n) is 20.4. The van der Waals surface area contributed by atoms with Crippen molar-refractivity contribution in [1.29, 1.82) is 0 Å². The molecule has 0 radical (unpaired) electrons. The van der Waals surface area contributed by atoms with Crippen LogP contribution in [0.25, 0.3) is 16.8 Å². The van der Waals surface area contributed by atoms with Crippen LogP contribution in [0.5, 0.6) is 5.75 Å². The number of hydrogen-bond donors (Lipinski definition) is 3. The molecule has 3 aromatic carbocycles. The number of nitrogens with one attached hydrogen (secondary N) is 1. The highest BCUT2D eigenvalue weighted by molar-refractivity contribution is 6.51. The maximum absolute atomic E-state index is 13.4. The Labute approximate surface area is 221 Å². The monoisotopic (exact) mass is 531 g/mol. The van der Waals surface area contributed by atoms with Crippen LogP contribution in [0.4, 0.5) is 5.95 Å². The summed E-state index contributed by atoms with van der Waals surface area (Å²) in [4.78, 5) is 46.9. The number of hydrogen-bond acceptors (Lipinski definition) is 6. The smallest absolute Gasteiger partial charge is 0.335 e. The van der Waals surface area contributed by atoms with Gasteiger partial charge < -0.3 is 19.9 Å². The third-order valence-electron chi connectivity index (χ3n) is 6.25. The Morgan fingerprint density at radius 2 is 1.84 bits per heavy atom. The van der Waals surface area contributed by atoms with Crippen molar-refractivity contribution in [2.75, 3.05) is 11.5 Å². The van der Waals surface area contributed by atoms with Gasteiger partial charge in [-0.25, -0.2) is 9.78 Å². The average Bonchev–Trinajstić information content (AvgIpc) is 3.42. The van der Waals surface area contributed by atoms with E-state index in [0.717, 1.165) is 5.56 Å². The fraction of sp³-hybridized carbons (Fsp3) is 0.143. The number of carbonyl (C=O) groups excluding carboxylic acids is 2. The van der Waals surface area contributed by atoms with Crippen molar-refractivity contribution in [1.82, 2.24) is 9.97 Å². The van der Waals surface area contributed by atoms with Crippen molar-refractivity contribution in [3.05, 3.63) is 93.5 Å². The zero-order chi connectivity index (χ0) is 27.1. The molecule has 1 aromatic heterocycles. The van der Waals surface area contributed by atoms with Gasteiger partial charge in [0.25, 0.3) is 5.78 Å². The lowest BCUT2D eigenvalue weighted by Gasteiger charge is -2.23. The summed E-state index contributed by atoms with van der Waals surface area (Å²) in [5.74, 6) is -2.92. The lowest BCUT2D eigenvalue weighted by atomic mass is 9.94. The number of aryl methyl sites for hydroxylation is 1. The van der Waals surface area contributed by atoms with Crippen LogP contribution in [-0.2, 0) is 9.59 Å². The van der Waals surface area contributed by atoms with Crippen molar-refractivity contribution < 1.29 is 29.3 Å². The molecule has 4 aromatic rings. The van der Waals surface area contributed by atoms with E-state index in [4.69, 9.17) is 16.3 Å². The highest BCUT2D eigenvalue weighted by Crippen LogP contribution is 2.42. The number of aromatic amines is 1. The highest BCUT2D eigenvalue weighted by Gasteiger charge is 2.48. The molecule has 0 bridgehead atoms. The number of imidazole rings is 1. The average molecular weight is 532 g/mol. The molecule has 1 aliphatic rings. The number of rotatable bonds is 6. The molecule has 192 valence electrons. The number of Topliss-reactive ketones (excluding diaryl/α,β-unsaturated/α-hetero) is 1. The molecule has 1 fully saturated rings. The lowest BCUT2D eigenvalue weighted by molar-refractivity contribution is -0.132. The zero-order valence-corrected chi connectivity index (χ0v) is 21.1. The van der Waals surface area contributed by atoms with Crippen LogP contribution in [-0.4, -0.2) is 44.4 Å². The minimum atomic E-state index is -1.11. The van der Waals surface area contributed by atoms with Gasteiger partial charge in [-0.15, -0.1) is 0 Å². The predicted octanol–water partition coefficient (Wildman–Crippen LogP) is 5.25. The van der Waals surface area contributed by atoms with Gasteiger partial charge in [-0.2, -0.15) is 0 Å². The molecule has 38 heavy (non-hydrogen) atoms. The van der Waals surface area contributed by atoms with E-state index in [1.807, 2.05) is 19.1 Å². The molecule has 10 heteroatoms. The molecule has 2 heterocycles.